The third-order valence-corrected chi connectivity index (χ3v) is 2.70. The number of aromatic nitrogens is 2. The highest BCUT2D eigenvalue weighted by molar-refractivity contribution is 7.84. The van der Waals surface area contributed by atoms with Crippen LogP contribution >= 0.6 is 0 Å². The van der Waals surface area contributed by atoms with Crippen molar-refractivity contribution >= 4 is 22.4 Å². The van der Waals surface area contributed by atoms with Gasteiger partial charge < -0.3 is 15.8 Å². The van der Waals surface area contributed by atoms with Gasteiger partial charge in [0.05, 0.1) is 0 Å². The Kier molecular flexibility index (Phi) is 5.85. The summed E-state index contributed by atoms with van der Waals surface area (Å²) >= 11 is 0. The summed E-state index contributed by atoms with van der Waals surface area (Å²) < 4.78 is 16.1. The Labute approximate surface area is 103 Å². The monoisotopic (exact) mass is 258 g/mol. The van der Waals surface area contributed by atoms with Crippen molar-refractivity contribution in [2.24, 2.45) is 0 Å². The van der Waals surface area contributed by atoms with Gasteiger partial charge >= 0.3 is 0 Å². The van der Waals surface area contributed by atoms with Crippen molar-refractivity contribution in [3.8, 4) is 0 Å². The lowest BCUT2D eigenvalue weighted by Gasteiger charge is -2.07. The maximum Gasteiger partial charge on any atom is 0.158 e. The fourth-order valence-corrected chi connectivity index (χ4v) is 1.58. The molecule has 0 saturated heterocycles. The van der Waals surface area contributed by atoms with Gasteiger partial charge in [-0.15, -0.1) is 0 Å². The molecule has 1 heterocycles. The summed E-state index contributed by atoms with van der Waals surface area (Å²) in [6, 6.07) is 1.65. The molecule has 1 rings (SSSR count). The van der Waals surface area contributed by atoms with Crippen LogP contribution in [0.15, 0.2) is 6.07 Å². The van der Waals surface area contributed by atoms with Gasteiger partial charge in [-0.3, -0.25) is 4.21 Å². The number of hydrogen-bond acceptors (Lipinski definition) is 6. The smallest absolute Gasteiger partial charge is 0.158 e. The molecule has 0 aliphatic carbocycles. The second kappa shape index (κ2) is 7.18. The summed E-state index contributed by atoms with van der Waals surface area (Å²) in [7, 11) is -0.817. The summed E-state index contributed by atoms with van der Waals surface area (Å²) in [6.07, 6.45) is 1.66. The van der Waals surface area contributed by atoms with Gasteiger partial charge in [-0.1, -0.05) is 0 Å². The zero-order chi connectivity index (χ0) is 12.7. The minimum Gasteiger partial charge on any atom is -0.384 e. The Morgan fingerprint density at radius 2 is 2.29 bits per heavy atom. The molecule has 1 aromatic rings. The number of nitrogens with one attached hydrogen (secondary N) is 1. The molecule has 0 spiro atoms. The number of anilines is 2. The Balaban J connectivity index is 2.58. The number of nitrogens with two attached hydrogens (primary N) is 1. The average Bonchev–Trinajstić information content (AvgIpc) is 2.25. The van der Waals surface area contributed by atoms with E-state index < -0.39 is 10.8 Å². The van der Waals surface area contributed by atoms with E-state index in [1.54, 1.807) is 12.3 Å². The number of nitrogen functional groups attached to an aromatic ring is 1. The predicted molar refractivity (Wildman–Crippen MR) is 69.2 cm³/mol. The van der Waals surface area contributed by atoms with Gasteiger partial charge in [0, 0.05) is 42.0 Å². The van der Waals surface area contributed by atoms with Crippen molar-refractivity contribution in [3.63, 3.8) is 0 Å². The van der Waals surface area contributed by atoms with Gasteiger partial charge in [0.25, 0.3) is 0 Å². The molecule has 0 aliphatic rings. The lowest BCUT2D eigenvalue weighted by molar-refractivity contribution is 0.128. The first-order valence-corrected chi connectivity index (χ1v) is 7.09. The molecule has 0 bridgehead atoms. The fourth-order valence-electron chi connectivity index (χ4n) is 1.19. The SMILES string of the molecule is CCOCc1nc(N)cc(NCCS(C)=O)n1. The van der Waals surface area contributed by atoms with E-state index >= 15 is 0 Å². The van der Waals surface area contributed by atoms with Crippen LogP contribution in [0.2, 0.25) is 0 Å². The van der Waals surface area contributed by atoms with E-state index in [0.717, 1.165) is 0 Å². The van der Waals surface area contributed by atoms with E-state index in [1.165, 1.54) is 0 Å². The van der Waals surface area contributed by atoms with Gasteiger partial charge in [-0.25, -0.2) is 9.97 Å². The predicted octanol–water partition coefficient (Wildman–Crippen LogP) is 0.386. The molecular formula is C10H18N4O2S. The lowest BCUT2D eigenvalue weighted by atomic mass is 10.5. The van der Waals surface area contributed by atoms with Crippen molar-refractivity contribution in [1.82, 2.24) is 9.97 Å². The van der Waals surface area contributed by atoms with Crippen LogP contribution in [0.4, 0.5) is 11.6 Å². The van der Waals surface area contributed by atoms with Gasteiger partial charge in [0.2, 0.25) is 0 Å². The topological polar surface area (TPSA) is 90.1 Å². The molecule has 17 heavy (non-hydrogen) atoms. The van der Waals surface area contributed by atoms with Crippen molar-refractivity contribution in [1.29, 1.82) is 0 Å². The van der Waals surface area contributed by atoms with Crippen LogP contribution in [0, 0.1) is 0 Å². The summed E-state index contributed by atoms with van der Waals surface area (Å²) in [5.41, 5.74) is 5.66. The molecule has 1 unspecified atom stereocenters. The summed E-state index contributed by atoms with van der Waals surface area (Å²) in [5, 5.41) is 3.05. The summed E-state index contributed by atoms with van der Waals surface area (Å²) in [6.45, 7) is 3.45. The van der Waals surface area contributed by atoms with Crippen molar-refractivity contribution in [2.45, 2.75) is 13.5 Å². The van der Waals surface area contributed by atoms with E-state index in [2.05, 4.69) is 15.3 Å². The normalized spacial score (nSPS) is 12.4. The highest BCUT2D eigenvalue weighted by Gasteiger charge is 2.02. The minimum atomic E-state index is -0.817. The molecule has 1 atom stereocenters. The number of hydrogen-bond donors (Lipinski definition) is 2. The highest BCUT2D eigenvalue weighted by atomic mass is 32.2. The number of nitrogens with zero attached hydrogens (tertiary/aromatic N) is 2. The standard InChI is InChI=1S/C10H18N4O2S/c1-3-16-7-10-13-8(11)6-9(14-10)12-4-5-17(2)15/h6H,3-5,7H2,1-2H3,(H3,11,12,13,14). The van der Waals surface area contributed by atoms with E-state index in [9.17, 15) is 4.21 Å². The molecule has 0 saturated carbocycles. The average molecular weight is 258 g/mol. The Morgan fingerprint density at radius 3 is 2.94 bits per heavy atom. The second-order valence-electron chi connectivity index (χ2n) is 3.44. The third kappa shape index (κ3) is 5.60. The van der Waals surface area contributed by atoms with Crippen LogP contribution in [0.25, 0.3) is 0 Å². The quantitative estimate of drug-likeness (QED) is 0.735. The van der Waals surface area contributed by atoms with Gasteiger partial charge in [0.1, 0.15) is 18.2 Å². The lowest BCUT2D eigenvalue weighted by Crippen LogP contribution is -2.12. The Bertz CT molecular complexity index is 387. The highest BCUT2D eigenvalue weighted by Crippen LogP contribution is 2.08. The van der Waals surface area contributed by atoms with Crippen LogP contribution in [-0.4, -0.2) is 39.3 Å². The van der Waals surface area contributed by atoms with Crippen LogP contribution in [-0.2, 0) is 22.1 Å². The first-order valence-electron chi connectivity index (χ1n) is 5.37. The maximum atomic E-state index is 10.9. The molecule has 0 radical (unpaired) electrons. The van der Waals surface area contributed by atoms with Crippen molar-refractivity contribution in [2.75, 3.05) is 36.2 Å². The van der Waals surface area contributed by atoms with Crippen LogP contribution in [0.5, 0.6) is 0 Å². The zero-order valence-electron chi connectivity index (χ0n) is 10.1. The van der Waals surface area contributed by atoms with Crippen LogP contribution in [0.3, 0.4) is 0 Å². The van der Waals surface area contributed by atoms with E-state index in [0.29, 0.717) is 43.0 Å². The maximum absolute atomic E-state index is 10.9. The third-order valence-electron chi connectivity index (χ3n) is 1.92. The van der Waals surface area contributed by atoms with E-state index in [-0.39, 0.29) is 0 Å². The molecule has 7 heteroatoms. The number of rotatable bonds is 7. The molecule has 6 nitrogen and oxygen atoms in total. The van der Waals surface area contributed by atoms with E-state index in [1.807, 2.05) is 6.92 Å². The van der Waals surface area contributed by atoms with Crippen molar-refractivity contribution in [3.05, 3.63) is 11.9 Å². The Hall–Kier alpha value is -1.21. The van der Waals surface area contributed by atoms with E-state index in [4.69, 9.17) is 10.5 Å². The van der Waals surface area contributed by atoms with Crippen LogP contribution in [0.1, 0.15) is 12.7 Å². The largest absolute Gasteiger partial charge is 0.384 e. The first-order chi connectivity index (χ1) is 8.11. The molecule has 0 aliphatic heterocycles. The summed E-state index contributed by atoms with van der Waals surface area (Å²) in [5.74, 6) is 2.16. The van der Waals surface area contributed by atoms with Crippen molar-refractivity contribution < 1.29 is 8.95 Å². The first kappa shape index (κ1) is 13.9. The molecule has 3 N–H and O–H groups in total. The molecule has 96 valence electrons. The van der Waals surface area contributed by atoms with Gasteiger partial charge in [-0.2, -0.15) is 0 Å². The van der Waals surface area contributed by atoms with Gasteiger partial charge in [0.15, 0.2) is 5.82 Å². The second-order valence-corrected chi connectivity index (χ2v) is 4.99. The fraction of sp³-hybridized carbons (Fsp3) is 0.600. The minimum absolute atomic E-state index is 0.343. The molecular weight excluding hydrogens is 240 g/mol. The molecule has 1 aromatic heterocycles. The molecule has 0 amide bonds. The Morgan fingerprint density at radius 1 is 1.53 bits per heavy atom. The van der Waals surface area contributed by atoms with Crippen LogP contribution < -0.4 is 11.1 Å². The van der Waals surface area contributed by atoms with Gasteiger partial charge in [-0.05, 0) is 6.92 Å². The zero-order valence-corrected chi connectivity index (χ0v) is 10.9. The molecule has 0 fully saturated rings. The molecule has 0 aromatic carbocycles. The number of ether oxygens (including phenoxy) is 1. The summed E-state index contributed by atoms with van der Waals surface area (Å²) in [4.78, 5) is 8.30.